The Morgan fingerprint density at radius 3 is 1.49 bits per heavy atom. The molecule has 4 aliphatic rings. The van der Waals surface area contributed by atoms with E-state index in [2.05, 4.69) is 270 Å². The molecule has 0 saturated heterocycles. The summed E-state index contributed by atoms with van der Waals surface area (Å²) in [5.41, 5.74) is 28.0. The third-order valence-electron chi connectivity index (χ3n) is 18.0. The molecule has 0 N–H and O–H groups in total. The van der Waals surface area contributed by atoms with Crippen molar-refractivity contribution in [3.8, 4) is 50.2 Å². The average Bonchev–Trinajstić information content (AvgIpc) is 3.91. The van der Waals surface area contributed by atoms with Crippen molar-refractivity contribution in [2.24, 2.45) is 0 Å². The second kappa shape index (κ2) is 14.9. The summed E-state index contributed by atoms with van der Waals surface area (Å²) in [6.45, 7) is 0. The van der Waals surface area contributed by atoms with Gasteiger partial charge in [-0.1, -0.05) is 218 Å². The molecule has 12 aromatic carbocycles. The summed E-state index contributed by atoms with van der Waals surface area (Å²) in [6.07, 6.45) is 0. The van der Waals surface area contributed by atoms with Crippen LogP contribution in [0.1, 0.15) is 44.5 Å². The zero-order valence-corrected chi connectivity index (χ0v) is 41.7. The van der Waals surface area contributed by atoms with Gasteiger partial charge in [0, 0.05) is 44.0 Å². The van der Waals surface area contributed by atoms with Gasteiger partial charge in [0.2, 0.25) is 0 Å². The molecular formula is C74H44N2O. The maximum Gasteiger partial charge on any atom is 0.143 e. The lowest BCUT2D eigenvalue weighted by Crippen LogP contribution is -2.33. The second-order valence-electron chi connectivity index (χ2n) is 21.3. The number of fused-ring (bicyclic) bond motifs is 25. The standard InChI is InChI=1S/C74H44N2O/c1-8-28-58-49(19-1)50-20-2-9-29-59(50)73(58)62-32-12-5-25-56(62)70-64(73)34-18-37-68(70)75(46-41-39-45(40-42-46)48-26-17-27-55-54-24-7-16-38-69(54)77-72(48)55)47-43-57-53-23-6-14-35-66(53)76-67-36-15-13-33-63(67)74(65(44-47)71(57)76)60-30-10-3-21-51(60)52-22-4-11-31-61(52)74/h1-44H. The van der Waals surface area contributed by atoms with Crippen LogP contribution in [-0.4, -0.2) is 4.57 Å². The van der Waals surface area contributed by atoms with E-state index in [-0.39, 0.29) is 0 Å². The fraction of sp³-hybridized carbons (Fsp3) is 0.0270. The lowest BCUT2D eigenvalue weighted by molar-refractivity contribution is 0.670. The Morgan fingerprint density at radius 1 is 0.325 bits per heavy atom. The lowest BCUT2D eigenvalue weighted by Gasteiger charge is -2.40. The summed E-state index contributed by atoms with van der Waals surface area (Å²) in [5.74, 6) is 0. The largest absolute Gasteiger partial charge is 0.455 e. The molecule has 14 aromatic rings. The number of anilines is 3. The van der Waals surface area contributed by atoms with E-state index in [1.54, 1.807) is 0 Å². The summed E-state index contributed by atoms with van der Waals surface area (Å²) >= 11 is 0. The summed E-state index contributed by atoms with van der Waals surface area (Å²) < 4.78 is 9.21. The summed E-state index contributed by atoms with van der Waals surface area (Å²) in [6, 6.07) is 100. The number of nitrogens with zero attached hydrogens (tertiary/aromatic N) is 2. The minimum Gasteiger partial charge on any atom is -0.455 e. The lowest BCUT2D eigenvalue weighted by atomic mass is 9.65. The second-order valence-corrected chi connectivity index (χ2v) is 21.3. The van der Waals surface area contributed by atoms with E-state index in [0.29, 0.717) is 0 Å². The van der Waals surface area contributed by atoms with Crippen LogP contribution in [0.25, 0.3) is 93.9 Å². The van der Waals surface area contributed by atoms with Crippen molar-refractivity contribution >= 4 is 60.8 Å². The Labute approximate surface area is 444 Å². The van der Waals surface area contributed by atoms with Crippen molar-refractivity contribution in [3.05, 3.63) is 311 Å². The number of hydrogen-bond acceptors (Lipinski definition) is 2. The number of hydrogen-bond donors (Lipinski definition) is 0. The van der Waals surface area contributed by atoms with Gasteiger partial charge in [-0.3, -0.25) is 0 Å². The fourth-order valence-electron chi connectivity index (χ4n) is 15.2. The Bertz CT molecular complexity index is 4800. The predicted octanol–water partition coefficient (Wildman–Crippen LogP) is 18.8. The van der Waals surface area contributed by atoms with Crippen LogP contribution < -0.4 is 4.90 Å². The third-order valence-corrected chi connectivity index (χ3v) is 18.0. The van der Waals surface area contributed by atoms with Crippen molar-refractivity contribution < 1.29 is 4.42 Å². The minimum absolute atomic E-state index is 0.510. The van der Waals surface area contributed by atoms with Gasteiger partial charge in [-0.25, -0.2) is 0 Å². The van der Waals surface area contributed by atoms with Gasteiger partial charge < -0.3 is 13.9 Å². The van der Waals surface area contributed by atoms with Crippen molar-refractivity contribution in [2.75, 3.05) is 4.90 Å². The molecule has 3 heterocycles. The van der Waals surface area contributed by atoms with Gasteiger partial charge in [-0.15, -0.1) is 0 Å². The summed E-state index contributed by atoms with van der Waals surface area (Å²) in [7, 11) is 0. The molecule has 3 aliphatic carbocycles. The molecule has 77 heavy (non-hydrogen) atoms. The molecule has 3 nitrogen and oxygen atoms in total. The molecule has 0 atom stereocenters. The van der Waals surface area contributed by atoms with Crippen molar-refractivity contribution in [1.82, 2.24) is 4.57 Å². The van der Waals surface area contributed by atoms with E-state index in [1.807, 2.05) is 6.07 Å². The molecule has 3 heteroatoms. The van der Waals surface area contributed by atoms with Gasteiger partial charge in [-0.2, -0.15) is 0 Å². The number of aromatic nitrogens is 1. The van der Waals surface area contributed by atoms with Gasteiger partial charge in [0.05, 0.1) is 33.2 Å². The van der Waals surface area contributed by atoms with Crippen molar-refractivity contribution in [2.45, 2.75) is 10.8 Å². The first-order chi connectivity index (χ1) is 38.2. The van der Waals surface area contributed by atoms with Crippen LogP contribution in [0.4, 0.5) is 17.1 Å². The van der Waals surface area contributed by atoms with E-state index in [9.17, 15) is 0 Å². The Balaban J connectivity index is 0.962. The molecule has 2 spiro atoms. The van der Waals surface area contributed by atoms with Gasteiger partial charge >= 0.3 is 0 Å². The number of benzene rings is 12. The quantitative estimate of drug-likeness (QED) is 0.175. The first-order valence-electron chi connectivity index (χ1n) is 26.8. The minimum atomic E-state index is -0.615. The molecule has 0 bridgehead atoms. The molecule has 0 saturated carbocycles. The SMILES string of the molecule is c1ccc2c(c1)-c1ccccc1C21c2ccccc2-c2c(N(c3ccc(-c4cccc5c4oc4ccccc45)cc3)c3cc4c5c(c3)c3ccccc3n5-c3ccccc3C43c4ccccc4-c4ccccc43)cccc21. The van der Waals surface area contributed by atoms with Crippen LogP contribution in [-0.2, 0) is 10.8 Å². The molecule has 0 unspecified atom stereocenters. The van der Waals surface area contributed by atoms with Gasteiger partial charge in [-0.05, 0) is 126 Å². The maximum atomic E-state index is 6.65. The molecule has 356 valence electrons. The van der Waals surface area contributed by atoms with E-state index in [4.69, 9.17) is 4.42 Å². The predicted molar refractivity (Wildman–Crippen MR) is 315 cm³/mol. The normalized spacial score (nSPS) is 14.2. The summed E-state index contributed by atoms with van der Waals surface area (Å²) in [5, 5.41) is 4.71. The van der Waals surface area contributed by atoms with Crippen LogP contribution in [0.3, 0.4) is 0 Å². The maximum absolute atomic E-state index is 6.65. The molecular weight excluding hydrogens is 933 g/mol. The van der Waals surface area contributed by atoms with Crippen LogP contribution in [0.15, 0.2) is 271 Å². The molecule has 18 rings (SSSR count). The molecule has 1 aliphatic heterocycles. The van der Waals surface area contributed by atoms with Gasteiger partial charge in [0.15, 0.2) is 0 Å². The zero-order valence-electron chi connectivity index (χ0n) is 41.7. The van der Waals surface area contributed by atoms with Crippen molar-refractivity contribution in [1.29, 1.82) is 0 Å². The number of para-hydroxylation sites is 4. The highest BCUT2D eigenvalue weighted by Crippen LogP contribution is 2.66. The zero-order chi connectivity index (χ0) is 50.1. The highest BCUT2D eigenvalue weighted by Gasteiger charge is 2.54. The Hall–Kier alpha value is -9.96. The molecule has 2 aromatic heterocycles. The van der Waals surface area contributed by atoms with Crippen LogP contribution in [0.2, 0.25) is 0 Å². The van der Waals surface area contributed by atoms with Crippen LogP contribution >= 0.6 is 0 Å². The highest BCUT2D eigenvalue weighted by atomic mass is 16.3. The van der Waals surface area contributed by atoms with Gasteiger partial charge in [0.25, 0.3) is 0 Å². The van der Waals surface area contributed by atoms with Crippen LogP contribution in [0.5, 0.6) is 0 Å². The average molecular weight is 977 g/mol. The van der Waals surface area contributed by atoms with Gasteiger partial charge in [0.1, 0.15) is 11.2 Å². The first kappa shape index (κ1) is 41.4. The first-order valence-corrected chi connectivity index (χ1v) is 26.8. The monoisotopic (exact) mass is 976 g/mol. The number of furan rings is 1. The van der Waals surface area contributed by atoms with E-state index >= 15 is 0 Å². The molecule has 0 amide bonds. The van der Waals surface area contributed by atoms with Crippen LogP contribution in [0, 0.1) is 0 Å². The topological polar surface area (TPSA) is 21.3 Å². The van der Waals surface area contributed by atoms with E-state index < -0.39 is 10.8 Å². The summed E-state index contributed by atoms with van der Waals surface area (Å²) in [4.78, 5) is 2.58. The Morgan fingerprint density at radius 2 is 0.818 bits per heavy atom. The molecule has 0 fully saturated rings. The smallest absolute Gasteiger partial charge is 0.143 e. The number of rotatable bonds is 4. The Kier molecular flexibility index (Phi) is 8.00. The highest BCUT2D eigenvalue weighted by molar-refractivity contribution is 6.15. The molecule has 0 radical (unpaired) electrons. The fourth-order valence-corrected chi connectivity index (χ4v) is 15.2. The van der Waals surface area contributed by atoms with E-state index in [0.717, 1.165) is 50.1 Å². The third kappa shape index (κ3) is 5.03. The van der Waals surface area contributed by atoms with Crippen molar-refractivity contribution in [3.63, 3.8) is 0 Å². The van der Waals surface area contributed by atoms with E-state index in [1.165, 1.54) is 105 Å².